The molecule has 0 aliphatic carbocycles. The number of rotatable bonds is 6. The third-order valence-corrected chi connectivity index (χ3v) is 6.44. The lowest BCUT2D eigenvalue weighted by molar-refractivity contribution is -0.384. The van der Waals surface area contributed by atoms with Crippen LogP contribution in [0.5, 0.6) is 0 Å². The maximum Gasteiger partial charge on any atom is 0.269 e. The van der Waals surface area contributed by atoms with Gasteiger partial charge in [0, 0.05) is 40.8 Å². The Bertz CT molecular complexity index is 1530. The van der Waals surface area contributed by atoms with Crippen LogP contribution in [0.25, 0.3) is 17.0 Å². The van der Waals surface area contributed by atoms with Crippen molar-refractivity contribution in [2.24, 2.45) is 0 Å². The summed E-state index contributed by atoms with van der Waals surface area (Å²) < 4.78 is 2.04. The first-order valence-electron chi connectivity index (χ1n) is 10.5. The smallest absolute Gasteiger partial charge is 0.269 e. The van der Waals surface area contributed by atoms with Gasteiger partial charge in [0.05, 0.1) is 20.7 Å². The number of anilines is 1. The molecule has 174 valence electrons. The van der Waals surface area contributed by atoms with E-state index in [4.69, 9.17) is 23.2 Å². The number of hydrogen-bond acceptors (Lipinski definition) is 4. The van der Waals surface area contributed by atoms with Gasteiger partial charge in [0.2, 0.25) is 0 Å². The van der Waals surface area contributed by atoms with E-state index in [1.54, 1.807) is 36.4 Å². The highest BCUT2D eigenvalue weighted by atomic mass is 35.5. The molecule has 0 saturated heterocycles. The van der Waals surface area contributed by atoms with Crippen LogP contribution in [0.3, 0.4) is 0 Å². The van der Waals surface area contributed by atoms with Gasteiger partial charge in [-0.2, -0.15) is 5.26 Å². The van der Waals surface area contributed by atoms with Gasteiger partial charge in [0.25, 0.3) is 11.6 Å². The zero-order valence-electron chi connectivity index (χ0n) is 18.5. The lowest BCUT2D eigenvalue weighted by atomic mass is 10.1. The van der Waals surface area contributed by atoms with Gasteiger partial charge in [-0.05, 0) is 36.8 Å². The predicted molar refractivity (Wildman–Crippen MR) is 138 cm³/mol. The molecule has 0 spiro atoms. The van der Waals surface area contributed by atoms with E-state index in [-0.39, 0.29) is 21.3 Å². The van der Waals surface area contributed by atoms with E-state index in [9.17, 15) is 20.2 Å². The highest BCUT2D eigenvalue weighted by Gasteiger charge is 2.17. The number of nitro groups is 1. The lowest BCUT2D eigenvalue weighted by Crippen LogP contribution is -2.14. The lowest BCUT2D eigenvalue weighted by Gasteiger charge is -2.09. The van der Waals surface area contributed by atoms with Gasteiger partial charge in [0.15, 0.2) is 0 Å². The molecule has 4 aromatic rings. The topological polar surface area (TPSA) is 101 Å². The molecule has 9 heteroatoms. The number of aromatic nitrogens is 1. The molecule has 0 atom stereocenters. The number of nitrogens with zero attached hydrogens (tertiary/aromatic N) is 3. The number of non-ortho nitro benzene ring substituents is 1. The Morgan fingerprint density at radius 2 is 1.83 bits per heavy atom. The summed E-state index contributed by atoms with van der Waals surface area (Å²) in [5, 5.41) is 24.7. The first-order valence-corrected chi connectivity index (χ1v) is 11.2. The number of halogens is 2. The molecule has 35 heavy (non-hydrogen) atoms. The van der Waals surface area contributed by atoms with Crippen molar-refractivity contribution in [1.82, 2.24) is 4.57 Å². The number of nitrogens with one attached hydrogen (secondary N) is 1. The van der Waals surface area contributed by atoms with E-state index in [1.807, 2.05) is 41.8 Å². The average molecular weight is 505 g/mol. The molecule has 0 bridgehead atoms. The number of nitro benzene ring substituents is 1. The van der Waals surface area contributed by atoms with E-state index >= 15 is 0 Å². The molecule has 7 nitrogen and oxygen atoms in total. The van der Waals surface area contributed by atoms with Gasteiger partial charge < -0.3 is 9.88 Å². The zero-order valence-corrected chi connectivity index (χ0v) is 20.0. The molecule has 3 aromatic carbocycles. The van der Waals surface area contributed by atoms with Crippen LogP contribution in [0.15, 0.2) is 72.3 Å². The van der Waals surface area contributed by atoms with Gasteiger partial charge in [-0.3, -0.25) is 14.9 Å². The van der Waals surface area contributed by atoms with E-state index < -0.39 is 10.8 Å². The van der Waals surface area contributed by atoms with Gasteiger partial charge >= 0.3 is 0 Å². The van der Waals surface area contributed by atoms with Crippen LogP contribution in [0.4, 0.5) is 11.4 Å². The highest BCUT2D eigenvalue weighted by Crippen LogP contribution is 2.31. The summed E-state index contributed by atoms with van der Waals surface area (Å²) in [4.78, 5) is 23.4. The second-order valence-corrected chi connectivity index (χ2v) is 8.54. The van der Waals surface area contributed by atoms with Crippen LogP contribution in [-0.4, -0.2) is 15.4 Å². The molecule has 1 amide bonds. The molecule has 0 fully saturated rings. The third kappa shape index (κ3) is 4.90. The van der Waals surface area contributed by atoms with Crippen molar-refractivity contribution >= 4 is 57.5 Å². The van der Waals surface area contributed by atoms with Crippen molar-refractivity contribution in [1.29, 1.82) is 5.26 Å². The maximum absolute atomic E-state index is 12.9. The summed E-state index contributed by atoms with van der Waals surface area (Å²) in [7, 11) is 0. The Balaban J connectivity index is 1.72. The Hall–Kier alpha value is -4.12. The quantitative estimate of drug-likeness (QED) is 0.135. The minimum absolute atomic E-state index is 0.0240. The molecule has 1 heterocycles. The summed E-state index contributed by atoms with van der Waals surface area (Å²) in [6.45, 7) is 2.36. The summed E-state index contributed by atoms with van der Waals surface area (Å²) in [5.41, 5.74) is 3.59. The normalized spacial score (nSPS) is 11.3. The summed E-state index contributed by atoms with van der Waals surface area (Å²) in [5.74, 6) is -0.608. The Morgan fingerprint density at radius 3 is 2.51 bits per heavy atom. The second kappa shape index (κ2) is 10.0. The molecule has 1 aromatic heterocycles. The molecular formula is C26H18Cl2N4O3. The van der Waals surface area contributed by atoms with E-state index in [1.165, 1.54) is 12.1 Å². The number of amides is 1. The van der Waals surface area contributed by atoms with Crippen molar-refractivity contribution in [2.75, 3.05) is 5.32 Å². The van der Waals surface area contributed by atoms with Gasteiger partial charge in [0.1, 0.15) is 11.6 Å². The maximum atomic E-state index is 12.9. The Labute approximate surface area is 211 Å². The largest absolute Gasteiger partial charge is 0.340 e. The molecule has 0 aliphatic heterocycles. The van der Waals surface area contributed by atoms with Crippen LogP contribution >= 0.6 is 23.2 Å². The number of carbonyl (C=O) groups excluding carboxylic acids is 1. The van der Waals surface area contributed by atoms with Crippen molar-refractivity contribution in [3.05, 3.63) is 109 Å². The highest BCUT2D eigenvalue weighted by molar-refractivity contribution is 6.44. The molecule has 0 unspecified atom stereocenters. The number of hydrogen-bond donors (Lipinski definition) is 1. The van der Waals surface area contributed by atoms with Gasteiger partial charge in [-0.25, -0.2) is 0 Å². The van der Waals surface area contributed by atoms with Crippen molar-refractivity contribution in [2.45, 2.75) is 13.5 Å². The summed E-state index contributed by atoms with van der Waals surface area (Å²) >= 11 is 12.2. The fourth-order valence-corrected chi connectivity index (χ4v) is 4.18. The summed E-state index contributed by atoms with van der Waals surface area (Å²) in [6.07, 6.45) is 1.55. The first-order chi connectivity index (χ1) is 16.8. The van der Waals surface area contributed by atoms with Crippen LogP contribution in [-0.2, 0) is 11.3 Å². The zero-order chi connectivity index (χ0) is 25.1. The number of benzene rings is 3. The summed E-state index contributed by atoms with van der Waals surface area (Å²) in [6, 6.07) is 20.8. The minimum atomic E-state index is -0.608. The SMILES string of the molecule is Cc1c(C=C(C#N)C(=O)Nc2cccc(Cl)c2Cl)c2ccccc2n1Cc1ccc([N+](=O)[O-])cc1. The first kappa shape index (κ1) is 24.0. The number of carbonyl (C=O) groups is 1. The molecule has 0 radical (unpaired) electrons. The molecule has 4 rings (SSSR count). The van der Waals surface area contributed by atoms with Crippen molar-refractivity contribution in [3.8, 4) is 6.07 Å². The Kier molecular flexibility index (Phi) is 6.87. The average Bonchev–Trinajstić information content (AvgIpc) is 3.11. The minimum Gasteiger partial charge on any atom is -0.340 e. The van der Waals surface area contributed by atoms with Gasteiger partial charge in [-0.15, -0.1) is 0 Å². The molecule has 1 N–H and O–H groups in total. The van der Waals surface area contributed by atoms with Crippen molar-refractivity contribution in [3.63, 3.8) is 0 Å². The van der Waals surface area contributed by atoms with Crippen LogP contribution < -0.4 is 5.32 Å². The number of para-hydroxylation sites is 1. The number of fused-ring (bicyclic) bond motifs is 1. The molecular weight excluding hydrogens is 487 g/mol. The standard InChI is InChI=1S/C26H18Cl2N4O3/c1-16-21(13-18(14-29)26(33)30-23-7-4-6-22(27)25(23)28)20-5-2-3-8-24(20)31(16)15-17-9-11-19(12-10-17)32(34)35/h2-13H,15H2,1H3,(H,30,33). The predicted octanol–water partition coefficient (Wildman–Crippen LogP) is 6.76. The van der Waals surface area contributed by atoms with E-state index in [2.05, 4.69) is 5.32 Å². The second-order valence-electron chi connectivity index (χ2n) is 7.75. The monoisotopic (exact) mass is 504 g/mol. The third-order valence-electron chi connectivity index (χ3n) is 5.62. The van der Waals surface area contributed by atoms with Crippen molar-refractivity contribution < 1.29 is 9.72 Å². The van der Waals surface area contributed by atoms with E-state index in [0.29, 0.717) is 12.2 Å². The number of nitriles is 1. The van der Waals surface area contributed by atoms with Gasteiger partial charge in [-0.1, -0.05) is 59.6 Å². The van der Waals surface area contributed by atoms with Crippen LogP contribution in [0.2, 0.25) is 10.0 Å². The Morgan fingerprint density at radius 1 is 1.11 bits per heavy atom. The fraction of sp³-hybridized carbons (Fsp3) is 0.0769. The van der Waals surface area contributed by atoms with E-state index in [0.717, 1.165) is 27.7 Å². The van der Waals surface area contributed by atoms with Crippen LogP contribution in [0.1, 0.15) is 16.8 Å². The van der Waals surface area contributed by atoms with Crippen LogP contribution in [0, 0.1) is 28.4 Å². The fourth-order valence-electron chi connectivity index (χ4n) is 3.83. The molecule has 0 aliphatic rings. The molecule has 0 saturated carbocycles.